The quantitative estimate of drug-likeness (QED) is 0.862. The maximum absolute atomic E-state index is 12.7. The Balaban J connectivity index is 2.15. The fourth-order valence-corrected chi connectivity index (χ4v) is 2.78. The Hall–Kier alpha value is -1.23. The molecular weight excluding hydrogens is 266 g/mol. The average Bonchev–Trinajstić information content (AvgIpc) is 2.49. The van der Waals surface area contributed by atoms with Gasteiger partial charge in [0, 0.05) is 18.2 Å². The average molecular weight is 291 g/mol. The molecule has 0 amide bonds. The molecule has 0 radical (unpaired) electrons. The number of aliphatic hydroxyl groups is 1. The molecule has 1 aliphatic rings. The smallest absolute Gasteiger partial charge is 0.179 e. The maximum Gasteiger partial charge on any atom is 0.179 e. The summed E-state index contributed by atoms with van der Waals surface area (Å²) in [4.78, 5) is 14.8. The van der Waals surface area contributed by atoms with E-state index < -0.39 is 0 Å². The molecule has 1 heterocycles. The Labute approximate surface area is 126 Å². The van der Waals surface area contributed by atoms with Gasteiger partial charge in [-0.05, 0) is 44.9 Å². The monoisotopic (exact) mass is 291 g/mol. The molecule has 116 valence electrons. The van der Waals surface area contributed by atoms with E-state index in [0.29, 0.717) is 13.2 Å². The SMILES string of the molecule is Cc1ccc(C(=O)C(C)N2CC(CO)OCC2C)cc1C. The molecule has 0 aliphatic carbocycles. The van der Waals surface area contributed by atoms with Crippen molar-refractivity contribution >= 4 is 5.78 Å². The first kappa shape index (κ1) is 16.1. The number of rotatable bonds is 4. The molecule has 1 fully saturated rings. The van der Waals surface area contributed by atoms with E-state index in [1.54, 1.807) is 0 Å². The molecule has 1 saturated heterocycles. The first-order valence-corrected chi connectivity index (χ1v) is 7.53. The minimum Gasteiger partial charge on any atom is -0.394 e. The van der Waals surface area contributed by atoms with Gasteiger partial charge in [-0.3, -0.25) is 9.69 Å². The van der Waals surface area contributed by atoms with E-state index in [1.807, 2.05) is 39.0 Å². The topological polar surface area (TPSA) is 49.8 Å². The summed E-state index contributed by atoms with van der Waals surface area (Å²) in [6.45, 7) is 9.20. The van der Waals surface area contributed by atoms with E-state index in [-0.39, 0.29) is 30.6 Å². The van der Waals surface area contributed by atoms with E-state index >= 15 is 0 Å². The molecule has 1 aromatic carbocycles. The Bertz CT molecular complexity index is 515. The number of carbonyl (C=O) groups is 1. The van der Waals surface area contributed by atoms with Crippen molar-refractivity contribution in [2.45, 2.75) is 45.9 Å². The summed E-state index contributed by atoms with van der Waals surface area (Å²) >= 11 is 0. The van der Waals surface area contributed by atoms with Crippen LogP contribution in [-0.4, -0.2) is 53.7 Å². The fourth-order valence-electron chi connectivity index (χ4n) is 2.78. The molecule has 0 aromatic heterocycles. The molecule has 0 saturated carbocycles. The molecule has 1 aliphatic heterocycles. The van der Waals surface area contributed by atoms with Gasteiger partial charge in [-0.15, -0.1) is 0 Å². The molecule has 3 unspecified atom stereocenters. The second-order valence-electron chi connectivity index (χ2n) is 6.02. The van der Waals surface area contributed by atoms with E-state index in [2.05, 4.69) is 11.8 Å². The van der Waals surface area contributed by atoms with Gasteiger partial charge in [-0.2, -0.15) is 0 Å². The largest absolute Gasteiger partial charge is 0.394 e. The van der Waals surface area contributed by atoms with Gasteiger partial charge in [0.05, 0.1) is 25.4 Å². The predicted molar refractivity (Wildman–Crippen MR) is 82.7 cm³/mol. The summed E-state index contributed by atoms with van der Waals surface area (Å²) in [6.07, 6.45) is -0.198. The number of morpholine rings is 1. The lowest BCUT2D eigenvalue weighted by atomic mass is 9.98. The lowest BCUT2D eigenvalue weighted by molar-refractivity contribution is -0.0846. The second-order valence-corrected chi connectivity index (χ2v) is 6.02. The molecule has 3 atom stereocenters. The van der Waals surface area contributed by atoms with Crippen LogP contribution in [0.25, 0.3) is 0 Å². The first-order valence-electron chi connectivity index (χ1n) is 7.53. The zero-order valence-corrected chi connectivity index (χ0v) is 13.3. The first-order chi connectivity index (χ1) is 9.93. The Morgan fingerprint density at radius 2 is 2.14 bits per heavy atom. The van der Waals surface area contributed by atoms with E-state index in [0.717, 1.165) is 11.1 Å². The summed E-state index contributed by atoms with van der Waals surface area (Å²) in [6, 6.07) is 5.83. The minimum absolute atomic E-state index is 0.00618. The van der Waals surface area contributed by atoms with Crippen LogP contribution in [0.2, 0.25) is 0 Å². The van der Waals surface area contributed by atoms with Gasteiger partial charge >= 0.3 is 0 Å². The lowest BCUT2D eigenvalue weighted by Crippen LogP contribution is -2.55. The normalized spacial score (nSPS) is 24.8. The van der Waals surface area contributed by atoms with E-state index in [9.17, 15) is 9.90 Å². The molecule has 0 spiro atoms. The third kappa shape index (κ3) is 3.51. The highest BCUT2D eigenvalue weighted by Gasteiger charge is 2.32. The molecular formula is C17H25NO3. The highest BCUT2D eigenvalue weighted by atomic mass is 16.5. The Morgan fingerprint density at radius 1 is 1.43 bits per heavy atom. The van der Waals surface area contributed by atoms with E-state index in [4.69, 9.17) is 4.74 Å². The van der Waals surface area contributed by atoms with Gasteiger partial charge in [0.1, 0.15) is 0 Å². The number of ether oxygens (including phenoxy) is 1. The summed E-state index contributed by atoms with van der Waals surface area (Å²) in [7, 11) is 0. The van der Waals surface area contributed by atoms with Crippen LogP contribution in [0.4, 0.5) is 0 Å². The molecule has 4 nitrogen and oxygen atoms in total. The summed E-state index contributed by atoms with van der Waals surface area (Å²) in [5, 5.41) is 9.26. The standard InChI is InChI=1S/C17H25NO3/c1-11-5-6-15(7-12(11)2)17(20)14(4)18-8-16(9-19)21-10-13(18)3/h5-7,13-14,16,19H,8-10H2,1-4H3. The molecule has 2 rings (SSSR count). The van der Waals surface area contributed by atoms with Gasteiger partial charge in [0.15, 0.2) is 5.78 Å². The number of benzene rings is 1. The minimum atomic E-state index is -0.208. The highest BCUT2D eigenvalue weighted by Crippen LogP contribution is 2.19. The number of hydrogen-bond acceptors (Lipinski definition) is 4. The van der Waals surface area contributed by atoms with Gasteiger partial charge in [-0.1, -0.05) is 12.1 Å². The maximum atomic E-state index is 12.7. The van der Waals surface area contributed by atoms with Crippen LogP contribution in [0.15, 0.2) is 18.2 Å². The molecule has 1 N–H and O–H groups in total. The molecule has 4 heteroatoms. The summed E-state index contributed by atoms with van der Waals surface area (Å²) < 4.78 is 5.54. The lowest BCUT2D eigenvalue weighted by Gasteiger charge is -2.40. The number of nitrogens with zero attached hydrogens (tertiary/aromatic N) is 1. The number of aryl methyl sites for hydroxylation is 2. The van der Waals surface area contributed by atoms with E-state index in [1.165, 1.54) is 5.56 Å². The molecule has 1 aromatic rings. The third-order valence-electron chi connectivity index (χ3n) is 4.43. The number of ketones is 1. The van der Waals surface area contributed by atoms with Crippen molar-refractivity contribution in [3.8, 4) is 0 Å². The van der Waals surface area contributed by atoms with Crippen molar-refractivity contribution < 1.29 is 14.6 Å². The Morgan fingerprint density at radius 3 is 2.76 bits per heavy atom. The zero-order chi connectivity index (χ0) is 15.6. The van der Waals surface area contributed by atoms with Crippen LogP contribution in [0.5, 0.6) is 0 Å². The van der Waals surface area contributed by atoms with Crippen molar-refractivity contribution in [1.82, 2.24) is 4.90 Å². The van der Waals surface area contributed by atoms with Crippen LogP contribution < -0.4 is 0 Å². The predicted octanol–water partition coefficient (Wildman–Crippen LogP) is 1.96. The zero-order valence-electron chi connectivity index (χ0n) is 13.3. The Kier molecular flexibility index (Phi) is 5.14. The van der Waals surface area contributed by atoms with Crippen molar-refractivity contribution in [2.75, 3.05) is 19.8 Å². The van der Waals surface area contributed by atoms with Gasteiger partial charge in [0.2, 0.25) is 0 Å². The van der Waals surface area contributed by atoms with Crippen molar-refractivity contribution in [3.05, 3.63) is 34.9 Å². The summed E-state index contributed by atoms with van der Waals surface area (Å²) in [5.41, 5.74) is 3.08. The van der Waals surface area contributed by atoms with Crippen LogP contribution >= 0.6 is 0 Å². The molecule has 21 heavy (non-hydrogen) atoms. The van der Waals surface area contributed by atoms with Gasteiger partial charge in [0.25, 0.3) is 0 Å². The van der Waals surface area contributed by atoms with Crippen LogP contribution in [0.3, 0.4) is 0 Å². The fraction of sp³-hybridized carbons (Fsp3) is 0.588. The number of hydrogen-bond donors (Lipinski definition) is 1. The number of aliphatic hydroxyl groups excluding tert-OH is 1. The number of carbonyl (C=O) groups excluding carboxylic acids is 1. The van der Waals surface area contributed by atoms with Gasteiger partial charge in [-0.25, -0.2) is 0 Å². The van der Waals surface area contributed by atoms with Crippen LogP contribution in [0.1, 0.15) is 35.3 Å². The second kappa shape index (κ2) is 6.69. The van der Waals surface area contributed by atoms with Crippen molar-refractivity contribution in [3.63, 3.8) is 0 Å². The number of Topliss-reactive ketones (excluding diaryl/α,β-unsaturated/α-hetero) is 1. The van der Waals surface area contributed by atoms with Crippen molar-refractivity contribution in [1.29, 1.82) is 0 Å². The third-order valence-corrected chi connectivity index (χ3v) is 4.43. The molecule has 0 bridgehead atoms. The van der Waals surface area contributed by atoms with Crippen LogP contribution in [-0.2, 0) is 4.74 Å². The summed E-state index contributed by atoms with van der Waals surface area (Å²) in [5.74, 6) is 0.128. The van der Waals surface area contributed by atoms with Crippen molar-refractivity contribution in [2.24, 2.45) is 0 Å². The van der Waals surface area contributed by atoms with Crippen LogP contribution in [0, 0.1) is 13.8 Å². The highest BCUT2D eigenvalue weighted by molar-refractivity contribution is 6.00. The van der Waals surface area contributed by atoms with Gasteiger partial charge < -0.3 is 9.84 Å².